The number of carbonyl (C=O) groups excluding carboxylic acids is 1. The van der Waals surface area contributed by atoms with Gasteiger partial charge in [-0.3, -0.25) is 24.6 Å². The summed E-state index contributed by atoms with van der Waals surface area (Å²) >= 11 is 0. The van der Waals surface area contributed by atoms with Gasteiger partial charge < -0.3 is 20.7 Å². The molecule has 142 valence electrons. The van der Waals surface area contributed by atoms with Crippen molar-refractivity contribution in [2.75, 3.05) is 24.6 Å². The lowest BCUT2D eigenvalue weighted by Gasteiger charge is -2.25. The number of carboxylic acids is 2. The first-order chi connectivity index (χ1) is 12.4. The minimum absolute atomic E-state index is 0.0906. The van der Waals surface area contributed by atoms with Gasteiger partial charge in [0, 0.05) is 0 Å². The average molecular weight is 365 g/mol. The van der Waals surface area contributed by atoms with Crippen LogP contribution in [0.15, 0.2) is 24.3 Å². The Labute approximate surface area is 150 Å². The molecule has 5 N–H and O–H groups in total. The zero-order valence-electron chi connectivity index (χ0n) is 14.3. The van der Waals surface area contributed by atoms with Gasteiger partial charge in [0.1, 0.15) is 31.0 Å². The van der Waals surface area contributed by atoms with Gasteiger partial charge in [0.25, 0.3) is 0 Å². The van der Waals surface area contributed by atoms with E-state index < -0.39 is 36.5 Å². The van der Waals surface area contributed by atoms with E-state index in [2.05, 4.69) is 5.32 Å². The van der Waals surface area contributed by atoms with Crippen molar-refractivity contribution in [1.29, 1.82) is 0 Å². The Balaban J connectivity index is 2.20. The predicted octanol–water partition coefficient (Wildman–Crippen LogP) is 0.0370. The van der Waals surface area contributed by atoms with Gasteiger partial charge in [-0.25, -0.2) is 0 Å². The van der Waals surface area contributed by atoms with Gasteiger partial charge in [-0.2, -0.15) is 0 Å². The lowest BCUT2D eigenvalue weighted by Crippen LogP contribution is -2.54. The minimum Gasteiger partial charge on any atom is -0.489 e. The number of hydrogen-bond donors (Lipinski definition) is 4. The second-order valence-corrected chi connectivity index (χ2v) is 5.99. The van der Waals surface area contributed by atoms with Crippen molar-refractivity contribution in [3.8, 4) is 5.75 Å². The number of amides is 1. The molecule has 1 amide bonds. The molecular weight excluding hydrogens is 342 g/mol. The van der Waals surface area contributed by atoms with E-state index in [1.54, 1.807) is 24.3 Å². The number of hydrogen-bond acceptors (Lipinski definition) is 6. The Hall–Kier alpha value is -2.65. The number of rotatable bonds is 9. The van der Waals surface area contributed by atoms with Crippen LogP contribution in [0, 0.1) is 0 Å². The number of nitrogens with two attached hydrogens (primary N) is 1. The molecule has 9 heteroatoms. The summed E-state index contributed by atoms with van der Waals surface area (Å²) in [5.41, 5.74) is 5.77. The van der Waals surface area contributed by atoms with Crippen LogP contribution in [0.1, 0.15) is 19.3 Å². The molecule has 9 nitrogen and oxygen atoms in total. The molecule has 0 saturated carbocycles. The number of anilines is 1. The Morgan fingerprint density at radius 2 is 2.04 bits per heavy atom. The van der Waals surface area contributed by atoms with E-state index in [0.29, 0.717) is 37.2 Å². The normalized spacial score (nSPS) is 17.8. The minimum atomic E-state index is -1.17. The van der Waals surface area contributed by atoms with Gasteiger partial charge in [-0.05, 0) is 31.5 Å². The molecule has 1 unspecified atom stereocenters. The van der Waals surface area contributed by atoms with Crippen molar-refractivity contribution in [2.24, 2.45) is 5.73 Å². The first-order valence-electron chi connectivity index (χ1n) is 8.38. The van der Waals surface area contributed by atoms with Crippen molar-refractivity contribution in [3.05, 3.63) is 24.3 Å². The molecule has 26 heavy (non-hydrogen) atoms. The maximum atomic E-state index is 12.8. The number of ether oxygens (including phenoxy) is 1. The standard InChI is InChI=1S/C17H23N3O6/c18-8-4-3-5-11(17(24)25)19-12-10-26-14-7-2-1-6-13(14)20(16(12)23)9-15(21)22/h1-2,6-7,11-12,19H,3-5,8-10,18H2,(H,21,22)(H,24,25)/t11?,12-/m0/s1. The summed E-state index contributed by atoms with van der Waals surface area (Å²) in [6.45, 7) is -0.172. The molecule has 1 aromatic carbocycles. The first kappa shape index (κ1) is 19.7. The number of carboxylic acid groups (broad SMARTS) is 2. The number of aliphatic carboxylic acids is 2. The molecule has 0 aliphatic carbocycles. The molecule has 1 heterocycles. The Morgan fingerprint density at radius 3 is 2.69 bits per heavy atom. The van der Waals surface area contributed by atoms with Gasteiger partial charge in [0.15, 0.2) is 0 Å². The summed E-state index contributed by atoms with van der Waals surface area (Å²) in [6, 6.07) is 4.69. The zero-order valence-corrected chi connectivity index (χ0v) is 14.3. The van der Waals surface area contributed by atoms with E-state index in [1.807, 2.05) is 0 Å². The maximum absolute atomic E-state index is 12.8. The van der Waals surface area contributed by atoms with Crippen molar-refractivity contribution < 1.29 is 29.3 Å². The Morgan fingerprint density at radius 1 is 1.31 bits per heavy atom. The van der Waals surface area contributed by atoms with Gasteiger partial charge in [0.2, 0.25) is 5.91 Å². The highest BCUT2D eigenvalue weighted by Gasteiger charge is 2.35. The van der Waals surface area contributed by atoms with Gasteiger partial charge >= 0.3 is 11.9 Å². The first-order valence-corrected chi connectivity index (χ1v) is 8.38. The van der Waals surface area contributed by atoms with E-state index in [9.17, 15) is 19.5 Å². The average Bonchev–Trinajstić information content (AvgIpc) is 2.72. The number of fused-ring (bicyclic) bond motifs is 1. The Kier molecular flexibility index (Phi) is 6.93. The molecule has 0 aromatic heterocycles. The van der Waals surface area contributed by atoms with Crippen LogP contribution < -0.4 is 20.7 Å². The number of benzene rings is 1. The van der Waals surface area contributed by atoms with Crippen molar-refractivity contribution in [1.82, 2.24) is 5.32 Å². The van der Waals surface area contributed by atoms with Crippen LogP contribution in [0.5, 0.6) is 5.75 Å². The van der Waals surface area contributed by atoms with Crippen LogP contribution >= 0.6 is 0 Å². The van der Waals surface area contributed by atoms with E-state index in [1.165, 1.54) is 0 Å². The smallest absolute Gasteiger partial charge is 0.323 e. The highest BCUT2D eigenvalue weighted by atomic mass is 16.5. The maximum Gasteiger partial charge on any atom is 0.323 e. The molecule has 0 radical (unpaired) electrons. The number of nitrogens with zero attached hydrogens (tertiary/aromatic N) is 1. The highest BCUT2D eigenvalue weighted by Crippen LogP contribution is 2.31. The predicted molar refractivity (Wildman–Crippen MR) is 93.2 cm³/mol. The molecule has 2 rings (SSSR count). The molecular formula is C17H23N3O6. The Bertz CT molecular complexity index is 666. The van der Waals surface area contributed by atoms with Crippen LogP contribution in [0.3, 0.4) is 0 Å². The lowest BCUT2D eigenvalue weighted by molar-refractivity contribution is -0.141. The van der Waals surface area contributed by atoms with E-state index >= 15 is 0 Å². The fourth-order valence-corrected chi connectivity index (χ4v) is 2.78. The molecule has 2 atom stereocenters. The lowest BCUT2D eigenvalue weighted by atomic mass is 10.1. The largest absolute Gasteiger partial charge is 0.489 e. The summed E-state index contributed by atoms with van der Waals surface area (Å²) in [4.78, 5) is 36.6. The molecule has 0 fully saturated rings. The van der Waals surface area contributed by atoms with Crippen molar-refractivity contribution >= 4 is 23.5 Å². The molecule has 0 saturated heterocycles. The monoisotopic (exact) mass is 365 g/mol. The van der Waals surface area contributed by atoms with Gasteiger partial charge in [0.05, 0.1) is 5.69 Å². The number of unbranched alkanes of at least 4 members (excludes halogenated alkanes) is 1. The second-order valence-electron chi connectivity index (χ2n) is 5.99. The zero-order chi connectivity index (χ0) is 19.1. The van der Waals surface area contributed by atoms with Crippen molar-refractivity contribution in [2.45, 2.75) is 31.3 Å². The van der Waals surface area contributed by atoms with E-state index in [0.717, 1.165) is 4.90 Å². The van der Waals surface area contributed by atoms with E-state index in [-0.39, 0.29) is 6.61 Å². The van der Waals surface area contributed by atoms with Crippen LogP contribution in [0.2, 0.25) is 0 Å². The molecule has 1 aliphatic heterocycles. The van der Waals surface area contributed by atoms with Crippen molar-refractivity contribution in [3.63, 3.8) is 0 Å². The number of nitrogens with one attached hydrogen (secondary N) is 1. The molecule has 1 aromatic rings. The van der Waals surface area contributed by atoms with Crippen LogP contribution in [-0.4, -0.2) is 59.8 Å². The second kappa shape index (κ2) is 9.16. The van der Waals surface area contributed by atoms with Crippen LogP contribution in [0.4, 0.5) is 5.69 Å². The summed E-state index contributed by atoms with van der Waals surface area (Å²) in [6.07, 6.45) is 1.58. The fraction of sp³-hybridized carbons (Fsp3) is 0.471. The van der Waals surface area contributed by atoms with E-state index in [4.69, 9.17) is 15.6 Å². The quantitative estimate of drug-likeness (QED) is 0.449. The SMILES string of the molecule is NCCCCC(N[C@H]1COc2ccccc2N(CC(=O)O)C1=O)C(=O)O. The fourth-order valence-electron chi connectivity index (χ4n) is 2.78. The van der Waals surface area contributed by atoms with Gasteiger partial charge in [-0.1, -0.05) is 18.6 Å². The third-order valence-electron chi connectivity index (χ3n) is 4.07. The molecule has 1 aliphatic rings. The molecule has 0 spiro atoms. The highest BCUT2D eigenvalue weighted by molar-refractivity contribution is 6.02. The molecule has 0 bridgehead atoms. The summed E-state index contributed by atoms with van der Waals surface area (Å²) in [7, 11) is 0. The van der Waals surface area contributed by atoms with Crippen LogP contribution in [-0.2, 0) is 14.4 Å². The topological polar surface area (TPSA) is 142 Å². The van der Waals surface area contributed by atoms with Crippen LogP contribution in [0.25, 0.3) is 0 Å². The third-order valence-corrected chi connectivity index (χ3v) is 4.07. The number of para-hydroxylation sites is 2. The third kappa shape index (κ3) is 4.93. The summed E-state index contributed by atoms with van der Waals surface area (Å²) < 4.78 is 5.62. The number of carbonyl (C=O) groups is 3. The summed E-state index contributed by atoms with van der Waals surface area (Å²) in [5, 5.41) is 21.3. The van der Waals surface area contributed by atoms with Gasteiger partial charge in [-0.15, -0.1) is 0 Å². The summed E-state index contributed by atoms with van der Waals surface area (Å²) in [5.74, 6) is -2.42.